The van der Waals surface area contributed by atoms with Crippen LogP contribution < -0.4 is 10.6 Å². The van der Waals surface area contributed by atoms with Crippen LogP contribution in [0.25, 0.3) is 17.1 Å². The maximum absolute atomic E-state index is 12.9. The predicted octanol–water partition coefficient (Wildman–Crippen LogP) is 2.61. The number of carbonyl (C=O) groups is 1. The minimum absolute atomic E-state index is 0.110. The summed E-state index contributed by atoms with van der Waals surface area (Å²) in [6.07, 6.45) is 3.48. The van der Waals surface area contributed by atoms with Gasteiger partial charge < -0.3 is 15.1 Å². The van der Waals surface area contributed by atoms with Gasteiger partial charge in [0.1, 0.15) is 11.4 Å². The Labute approximate surface area is 145 Å². The second kappa shape index (κ2) is 6.94. The normalized spacial score (nSPS) is 15.2. The van der Waals surface area contributed by atoms with Crippen molar-refractivity contribution in [3.05, 3.63) is 60.5 Å². The van der Waals surface area contributed by atoms with Crippen molar-refractivity contribution in [2.24, 2.45) is 0 Å². The summed E-state index contributed by atoms with van der Waals surface area (Å²) in [5.41, 5.74) is 2.00. The molecule has 1 aliphatic rings. The van der Waals surface area contributed by atoms with Crippen molar-refractivity contribution >= 4 is 5.91 Å². The lowest BCUT2D eigenvalue weighted by Gasteiger charge is -2.23. The van der Waals surface area contributed by atoms with Crippen molar-refractivity contribution < 1.29 is 9.21 Å². The van der Waals surface area contributed by atoms with Crippen LogP contribution in [0.3, 0.4) is 0 Å². The second-order valence-corrected chi connectivity index (χ2v) is 6.14. The highest BCUT2D eigenvalue weighted by atomic mass is 16.3. The van der Waals surface area contributed by atoms with Gasteiger partial charge in [-0.25, -0.2) is 4.68 Å². The predicted molar refractivity (Wildman–Crippen MR) is 94.6 cm³/mol. The molecule has 1 aliphatic heterocycles. The molecule has 1 fully saturated rings. The van der Waals surface area contributed by atoms with E-state index in [0.29, 0.717) is 17.1 Å². The van der Waals surface area contributed by atoms with E-state index < -0.39 is 0 Å². The van der Waals surface area contributed by atoms with Gasteiger partial charge >= 0.3 is 0 Å². The van der Waals surface area contributed by atoms with Gasteiger partial charge in [-0.15, -0.1) is 0 Å². The summed E-state index contributed by atoms with van der Waals surface area (Å²) < 4.78 is 7.11. The Morgan fingerprint density at radius 2 is 1.96 bits per heavy atom. The fraction of sp³-hybridized carbons (Fsp3) is 0.263. The van der Waals surface area contributed by atoms with Crippen molar-refractivity contribution in [3.63, 3.8) is 0 Å². The summed E-state index contributed by atoms with van der Waals surface area (Å²) in [4.78, 5) is 12.9. The zero-order valence-electron chi connectivity index (χ0n) is 13.8. The number of hydrogen-bond donors (Lipinski definition) is 2. The van der Waals surface area contributed by atoms with Crippen LogP contribution >= 0.6 is 0 Å². The highest BCUT2D eigenvalue weighted by molar-refractivity contribution is 5.94. The van der Waals surface area contributed by atoms with E-state index in [4.69, 9.17) is 4.42 Å². The van der Waals surface area contributed by atoms with Gasteiger partial charge in [0.2, 0.25) is 0 Å². The highest BCUT2D eigenvalue weighted by Gasteiger charge is 2.22. The SMILES string of the molecule is O=C(NC1CCNCC1)c1cc(-c2ccco2)nn1-c1ccccc1. The number of nitrogens with zero attached hydrogens (tertiary/aromatic N) is 2. The molecule has 0 unspecified atom stereocenters. The Kier molecular flexibility index (Phi) is 4.35. The van der Waals surface area contributed by atoms with E-state index >= 15 is 0 Å². The Balaban J connectivity index is 1.68. The molecule has 1 amide bonds. The van der Waals surface area contributed by atoms with Crippen LogP contribution in [-0.4, -0.2) is 34.8 Å². The van der Waals surface area contributed by atoms with Gasteiger partial charge in [0.25, 0.3) is 5.91 Å². The quantitative estimate of drug-likeness (QED) is 0.768. The number of piperidine rings is 1. The monoisotopic (exact) mass is 336 g/mol. The molecule has 0 atom stereocenters. The topological polar surface area (TPSA) is 72.1 Å². The van der Waals surface area contributed by atoms with E-state index in [9.17, 15) is 4.79 Å². The lowest BCUT2D eigenvalue weighted by molar-refractivity contribution is 0.0921. The second-order valence-electron chi connectivity index (χ2n) is 6.14. The van der Waals surface area contributed by atoms with Gasteiger partial charge in [-0.2, -0.15) is 5.10 Å². The lowest BCUT2D eigenvalue weighted by atomic mass is 10.1. The molecule has 2 N–H and O–H groups in total. The van der Waals surface area contributed by atoms with Gasteiger partial charge in [-0.1, -0.05) is 18.2 Å². The number of benzene rings is 1. The maximum Gasteiger partial charge on any atom is 0.270 e. The number of nitrogens with one attached hydrogen (secondary N) is 2. The standard InChI is InChI=1S/C19H20N4O2/c24-19(21-14-8-10-20-11-9-14)17-13-16(18-7-4-12-25-18)22-23(17)15-5-2-1-3-6-15/h1-7,12-14,20H,8-11H2,(H,21,24). The number of furan rings is 1. The fourth-order valence-corrected chi connectivity index (χ4v) is 3.08. The zero-order valence-corrected chi connectivity index (χ0v) is 13.8. The first-order chi connectivity index (χ1) is 12.3. The number of aromatic nitrogens is 2. The molecule has 0 aliphatic carbocycles. The lowest BCUT2D eigenvalue weighted by Crippen LogP contribution is -2.43. The van der Waals surface area contributed by atoms with Gasteiger partial charge in [0.15, 0.2) is 5.76 Å². The largest absolute Gasteiger partial charge is 0.463 e. The molecule has 2 aromatic heterocycles. The maximum atomic E-state index is 12.9. The van der Waals surface area contributed by atoms with Crippen molar-refractivity contribution in [1.82, 2.24) is 20.4 Å². The van der Waals surface area contributed by atoms with E-state index in [2.05, 4.69) is 15.7 Å². The summed E-state index contributed by atoms with van der Waals surface area (Å²) in [6, 6.07) is 15.3. The van der Waals surface area contributed by atoms with E-state index in [1.54, 1.807) is 17.0 Å². The molecule has 1 saturated heterocycles. The number of carbonyl (C=O) groups excluding carboxylic acids is 1. The van der Waals surface area contributed by atoms with Crippen molar-refractivity contribution in [2.45, 2.75) is 18.9 Å². The summed E-state index contributed by atoms with van der Waals surface area (Å²) in [7, 11) is 0. The van der Waals surface area contributed by atoms with Gasteiger partial charge in [-0.05, 0) is 50.2 Å². The van der Waals surface area contributed by atoms with Crippen molar-refractivity contribution in [2.75, 3.05) is 13.1 Å². The molecular weight excluding hydrogens is 316 g/mol. The first-order valence-electron chi connectivity index (χ1n) is 8.52. The summed E-state index contributed by atoms with van der Waals surface area (Å²) in [5, 5.41) is 11.0. The number of para-hydroxylation sites is 1. The molecule has 4 rings (SSSR count). The molecule has 0 radical (unpaired) electrons. The minimum Gasteiger partial charge on any atom is -0.463 e. The van der Waals surface area contributed by atoms with Crippen LogP contribution in [0.5, 0.6) is 0 Å². The molecule has 0 saturated carbocycles. The van der Waals surface area contributed by atoms with Crippen LogP contribution in [0, 0.1) is 0 Å². The Hall–Kier alpha value is -2.86. The van der Waals surface area contributed by atoms with E-state index in [0.717, 1.165) is 31.6 Å². The Bertz CT molecular complexity index is 834. The molecule has 6 nitrogen and oxygen atoms in total. The van der Waals surface area contributed by atoms with E-state index in [-0.39, 0.29) is 11.9 Å². The van der Waals surface area contributed by atoms with E-state index in [1.165, 1.54) is 0 Å². The van der Waals surface area contributed by atoms with E-state index in [1.807, 2.05) is 42.5 Å². The minimum atomic E-state index is -0.110. The third kappa shape index (κ3) is 3.34. The Morgan fingerprint density at radius 1 is 1.16 bits per heavy atom. The molecule has 128 valence electrons. The van der Waals surface area contributed by atoms with Crippen molar-refractivity contribution in [1.29, 1.82) is 0 Å². The van der Waals surface area contributed by atoms with Crippen LogP contribution in [0.2, 0.25) is 0 Å². The third-order valence-electron chi connectivity index (χ3n) is 4.39. The summed E-state index contributed by atoms with van der Waals surface area (Å²) in [6.45, 7) is 1.86. The molecule has 0 spiro atoms. The number of hydrogen-bond acceptors (Lipinski definition) is 4. The molecule has 6 heteroatoms. The Morgan fingerprint density at radius 3 is 2.68 bits per heavy atom. The first kappa shape index (κ1) is 15.7. The van der Waals surface area contributed by atoms with Crippen molar-refractivity contribution in [3.8, 4) is 17.1 Å². The third-order valence-corrected chi connectivity index (χ3v) is 4.39. The van der Waals surface area contributed by atoms with Gasteiger partial charge in [0, 0.05) is 12.1 Å². The smallest absolute Gasteiger partial charge is 0.270 e. The molecule has 3 aromatic rings. The number of amides is 1. The molecule has 0 bridgehead atoms. The number of rotatable bonds is 4. The highest BCUT2D eigenvalue weighted by Crippen LogP contribution is 2.22. The van der Waals surface area contributed by atoms with Crippen LogP contribution in [0.15, 0.2) is 59.2 Å². The average molecular weight is 336 g/mol. The van der Waals surface area contributed by atoms with Gasteiger partial charge in [-0.3, -0.25) is 4.79 Å². The van der Waals surface area contributed by atoms with Gasteiger partial charge in [0.05, 0.1) is 12.0 Å². The zero-order chi connectivity index (χ0) is 17.1. The first-order valence-corrected chi connectivity index (χ1v) is 8.52. The molecular formula is C19H20N4O2. The van der Waals surface area contributed by atoms with Crippen LogP contribution in [-0.2, 0) is 0 Å². The van der Waals surface area contributed by atoms with Crippen LogP contribution in [0.4, 0.5) is 0 Å². The molecule has 3 heterocycles. The summed E-state index contributed by atoms with van der Waals surface area (Å²) in [5.74, 6) is 0.534. The molecule has 25 heavy (non-hydrogen) atoms. The van der Waals surface area contributed by atoms with Crippen LogP contribution in [0.1, 0.15) is 23.3 Å². The average Bonchev–Trinajstić information content (AvgIpc) is 3.33. The summed E-state index contributed by atoms with van der Waals surface area (Å²) >= 11 is 0. The molecule has 1 aromatic carbocycles. The fourth-order valence-electron chi connectivity index (χ4n) is 3.08.